The lowest BCUT2D eigenvalue weighted by molar-refractivity contribution is 0.0747. The minimum Gasteiger partial charge on any atom is -0.366 e. The van der Waals surface area contributed by atoms with E-state index in [0.29, 0.717) is 37.4 Å². The van der Waals surface area contributed by atoms with Crippen molar-refractivity contribution in [3.8, 4) is 0 Å². The molecule has 148 valence electrons. The van der Waals surface area contributed by atoms with Crippen LogP contribution >= 0.6 is 11.6 Å². The van der Waals surface area contributed by atoms with Crippen molar-refractivity contribution in [2.45, 2.75) is 19.3 Å². The molecule has 1 fully saturated rings. The van der Waals surface area contributed by atoms with Crippen LogP contribution in [0.2, 0.25) is 5.02 Å². The van der Waals surface area contributed by atoms with Crippen molar-refractivity contribution in [2.24, 2.45) is 0 Å². The number of para-hydroxylation sites is 1. The number of benzene rings is 2. The van der Waals surface area contributed by atoms with Crippen LogP contribution in [-0.2, 0) is 12.8 Å². The summed E-state index contributed by atoms with van der Waals surface area (Å²) in [5, 5.41) is 1.69. The molecule has 0 unspecified atom stereocenters. The summed E-state index contributed by atoms with van der Waals surface area (Å²) in [6.07, 6.45) is 3.00. The molecule has 3 aromatic rings. The van der Waals surface area contributed by atoms with Gasteiger partial charge in [0, 0.05) is 42.8 Å². The number of anilines is 1. The lowest BCUT2D eigenvalue weighted by Gasteiger charge is -2.36. The fraction of sp³-hybridized carbons (Fsp3) is 0.304. The van der Waals surface area contributed by atoms with Gasteiger partial charge in [-0.3, -0.25) is 9.78 Å². The summed E-state index contributed by atoms with van der Waals surface area (Å²) < 4.78 is 14.0. The molecular formula is C23H21ClFN3O. The molecule has 1 aromatic heterocycles. The van der Waals surface area contributed by atoms with Crippen LogP contribution in [0.25, 0.3) is 10.9 Å². The maximum Gasteiger partial charge on any atom is 0.254 e. The summed E-state index contributed by atoms with van der Waals surface area (Å²) in [6.45, 7) is 2.34. The highest BCUT2D eigenvalue weighted by Crippen LogP contribution is 2.34. The summed E-state index contributed by atoms with van der Waals surface area (Å²) in [5.41, 5.74) is 4.22. The molecule has 0 saturated carbocycles. The zero-order valence-electron chi connectivity index (χ0n) is 16.0. The fourth-order valence-electron chi connectivity index (χ4n) is 4.38. The minimum atomic E-state index is -0.225. The number of carbonyl (C=O) groups excluding carboxylic acids is 1. The Morgan fingerprint density at radius 1 is 1.03 bits per heavy atom. The van der Waals surface area contributed by atoms with E-state index >= 15 is 0 Å². The Labute approximate surface area is 173 Å². The van der Waals surface area contributed by atoms with E-state index < -0.39 is 0 Å². The van der Waals surface area contributed by atoms with Crippen molar-refractivity contribution in [1.82, 2.24) is 9.88 Å². The number of aromatic nitrogens is 1. The number of hydrogen-bond acceptors (Lipinski definition) is 3. The number of amides is 1. The lowest BCUT2D eigenvalue weighted by Crippen LogP contribution is -2.49. The molecule has 29 heavy (non-hydrogen) atoms. The second-order valence-corrected chi connectivity index (χ2v) is 8.05. The number of aryl methyl sites for hydroxylation is 1. The summed E-state index contributed by atoms with van der Waals surface area (Å²) in [5.74, 6) is -0.240. The van der Waals surface area contributed by atoms with Crippen molar-refractivity contribution >= 4 is 34.1 Å². The van der Waals surface area contributed by atoms with Crippen molar-refractivity contribution in [2.75, 3.05) is 31.1 Å². The topological polar surface area (TPSA) is 36.4 Å². The van der Waals surface area contributed by atoms with Gasteiger partial charge >= 0.3 is 0 Å². The highest BCUT2D eigenvalue weighted by Gasteiger charge is 2.25. The lowest BCUT2D eigenvalue weighted by atomic mass is 10.1. The molecule has 1 saturated heterocycles. The molecule has 5 rings (SSSR count). The molecule has 2 aromatic carbocycles. The van der Waals surface area contributed by atoms with E-state index in [-0.39, 0.29) is 11.7 Å². The third-order valence-electron chi connectivity index (χ3n) is 5.95. The van der Waals surface area contributed by atoms with Crippen LogP contribution < -0.4 is 4.90 Å². The normalized spacial score (nSPS) is 16.3. The van der Waals surface area contributed by atoms with Gasteiger partial charge in [-0.25, -0.2) is 4.39 Å². The Kier molecular flexibility index (Phi) is 4.63. The highest BCUT2D eigenvalue weighted by molar-refractivity contribution is 6.36. The van der Waals surface area contributed by atoms with Crippen LogP contribution in [0.5, 0.6) is 0 Å². The van der Waals surface area contributed by atoms with Crippen LogP contribution in [0.15, 0.2) is 42.5 Å². The number of fused-ring (bicyclic) bond motifs is 2. The van der Waals surface area contributed by atoms with E-state index in [1.165, 1.54) is 6.07 Å². The smallest absolute Gasteiger partial charge is 0.254 e. The van der Waals surface area contributed by atoms with Gasteiger partial charge in [0.2, 0.25) is 0 Å². The van der Waals surface area contributed by atoms with Gasteiger partial charge in [0.05, 0.1) is 16.2 Å². The molecule has 0 bridgehead atoms. The molecule has 1 aliphatic carbocycles. The fourth-order valence-corrected chi connectivity index (χ4v) is 4.74. The van der Waals surface area contributed by atoms with E-state index in [9.17, 15) is 9.18 Å². The SMILES string of the molecule is O=C(c1ccc2c(Cl)c3c(nc2c1)CCC3)N1CCN(c2ccccc2F)CC1. The largest absolute Gasteiger partial charge is 0.366 e. The first-order valence-corrected chi connectivity index (χ1v) is 10.4. The average Bonchev–Trinajstić information content (AvgIpc) is 3.22. The summed E-state index contributed by atoms with van der Waals surface area (Å²) in [4.78, 5) is 21.6. The molecular weight excluding hydrogens is 389 g/mol. The summed E-state index contributed by atoms with van der Waals surface area (Å²) in [6, 6.07) is 12.4. The molecule has 1 aliphatic heterocycles. The first-order valence-electron chi connectivity index (χ1n) is 10.0. The van der Waals surface area contributed by atoms with Crippen molar-refractivity contribution < 1.29 is 9.18 Å². The van der Waals surface area contributed by atoms with Crippen molar-refractivity contribution in [1.29, 1.82) is 0 Å². The molecule has 6 heteroatoms. The van der Waals surface area contributed by atoms with Crippen LogP contribution in [0, 0.1) is 5.82 Å². The Morgan fingerprint density at radius 2 is 1.83 bits per heavy atom. The quantitative estimate of drug-likeness (QED) is 0.626. The number of halogens is 2. The zero-order chi connectivity index (χ0) is 20.0. The van der Waals surface area contributed by atoms with Gasteiger partial charge in [-0.1, -0.05) is 29.8 Å². The van der Waals surface area contributed by atoms with Gasteiger partial charge in [-0.2, -0.15) is 0 Å². The average molecular weight is 410 g/mol. The third-order valence-corrected chi connectivity index (χ3v) is 6.38. The number of piperazine rings is 1. The Hall–Kier alpha value is -2.66. The van der Waals surface area contributed by atoms with Crippen molar-refractivity contribution in [3.05, 3.63) is 70.1 Å². The van der Waals surface area contributed by atoms with Crippen molar-refractivity contribution in [3.63, 3.8) is 0 Å². The molecule has 2 aliphatic rings. The predicted molar refractivity (Wildman–Crippen MR) is 113 cm³/mol. The number of hydrogen-bond donors (Lipinski definition) is 0. The Balaban J connectivity index is 1.35. The number of nitrogens with zero attached hydrogens (tertiary/aromatic N) is 3. The number of rotatable bonds is 2. The van der Waals surface area contributed by atoms with Gasteiger partial charge in [-0.15, -0.1) is 0 Å². The second-order valence-electron chi connectivity index (χ2n) is 7.67. The monoisotopic (exact) mass is 409 g/mol. The van der Waals surface area contributed by atoms with Gasteiger partial charge in [0.15, 0.2) is 0 Å². The third kappa shape index (κ3) is 3.23. The molecule has 1 amide bonds. The summed E-state index contributed by atoms with van der Waals surface area (Å²) in [7, 11) is 0. The molecule has 0 radical (unpaired) electrons. The van der Waals surface area contributed by atoms with Gasteiger partial charge in [-0.05, 0) is 49.1 Å². The van der Waals surface area contributed by atoms with Crippen LogP contribution in [0.1, 0.15) is 28.0 Å². The maximum atomic E-state index is 14.0. The number of carbonyl (C=O) groups is 1. The molecule has 0 atom stereocenters. The van der Waals surface area contributed by atoms with E-state index in [4.69, 9.17) is 16.6 Å². The van der Waals surface area contributed by atoms with Crippen LogP contribution in [0.4, 0.5) is 10.1 Å². The second kappa shape index (κ2) is 7.30. The molecule has 0 N–H and O–H groups in total. The molecule has 0 spiro atoms. The summed E-state index contributed by atoms with van der Waals surface area (Å²) >= 11 is 6.58. The van der Waals surface area contributed by atoms with Gasteiger partial charge < -0.3 is 9.80 Å². The van der Waals surface area contributed by atoms with Crippen LogP contribution in [0.3, 0.4) is 0 Å². The van der Waals surface area contributed by atoms with E-state index in [1.807, 2.05) is 34.1 Å². The van der Waals surface area contributed by atoms with E-state index in [2.05, 4.69) is 0 Å². The standard InChI is InChI=1S/C23H21ClFN3O/c24-22-16-4-3-6-19(16)26-20-14-15(8-9-17(20)22)23(29)28-12-10-27(11-13-28)21-7-2-1-5-18(21)25/h1-2,5,7-9,14H,3-4,6,10-13H2. The molecule has 2 heterocycles. The number of pyridine rings is 1. The van der Waals surface area contributed by atoms with E-state index in [1.54, 1.807) is 12.1 Å². The maximum absolute atomic E-state index is 14.0. The first-order chi connectivity index (χ1) is 14.1. The minimum absolute atomic E-state index is 0.0153. The molecule has 4 nitrogen and oxygen atoms in total. The zero-order valence-corrected chi connectivity index (χ0v) is 16.8. The Morgan fingerprint density at radius 3 is 2.62 bits per heavy atom. The van der Waals surface area contributed by atoms with E-state index in [0.717, 1.165) is 46.4 Å². The van der Waals surface area contributed by atoms with Gasteiger partial charge in [0.25, 0.3) is 5.91 Å². The predicted octanol–water partition coefficient (Wildman–Crippen LogP) is 4.48. The Bertz CT molecular complexity index is 1110. The van der Waals surface area contributed by atoms with Crippen LogP contribution in [-0.4, -0.2) is 42.0 Å². The highest BCUT2D eigenvalue weighted by atomic mass is 35.5. The van der Waals surface area contributed by atoms with Gasteiger partial charge in [0.1, 0.15) is 5.82 Å². The first kappa shape index (κ1) is 18.4.